The first-order chi connectivity index (χ1) is 9.75. The van der Waals surface area contributed by atoms with Crippen molar-refractivity contribution in [3.63, 3.8) is 0 Å². The number of hydrogen-bond donors (Lipinski definition) is 2. The fourth-order valence-electron chi connectivity index (χ4n) is 3.00. The Balaban J connectivity index is 1.86. The molecule has 1 saturated heterocycles. The summed E-state index contributed by atoms with van der Waals surface area (Å²) in [5.41, 5.74) is 2.20. The van der Waals surface area contributed by atoms with Crippen molar-refractivity contribution in [3.05, 3.63) is 35.4 Å². The first-order valence-electron chi connectivity index (χ1n) is 7.20. The van der Waals surface area contributed by atoms with Gasteiger partial charge in [-0.3, -0.25) is 0 Å². The Kier molecular flexibility index (Phi) is 4.51. The topological polar surface area (TPSA) is 40.5 Å². The van der Waals surface area contributed by atoms with Gasteiger partial charge in [-0.05, 0) is 49.3 Å². The minimum absolute atomic E-state index is 0.156. The van der Waals surface area contributed by atoms with Gasteiger partial charge in [0.25, 0.3) is 0 Å². The Hall–Kier alpha value is -0.740. The predicted molar refractivity (Wildman–Crippen MR) is 87.8 cm³/mol. The molecule has 1 aromatic rings. The van der Waals surface area contributed by atoms with Crippen LogP contribution in [0.1, 0.15) is 37.2 Å². The standard InChI is InChI=1S/C16H20O2S2/c17-13-6-2-7-14(18)15(13)11-4-1-5-12(10-11)16-19-8-3-9-20-16/h2,6-7,10-11,16-18H,1,3-5,8-9H2. The van der Waals surface area contributed by atoms with Crippen LogP contribution in [0.15, 0.2) is 29.8 Å². The quantitative estimate of drug-likeness (QED) is 0.790. The van der Waals surface area contributed by atoms with Crippen LogP contribution in [0.3, 0.4) is 0 Å². The molecule has 108 valence electrons. The second-order valence-electron chi connectivity index (χ2n) is 5.38. The molecule has 0 saturated carbocycles. The second kappa shape index (κ2) is 6.35. The maximum absolute atomic E-state index is 10.0. The van der Waals surface area contributed by atoms with Crippen molar-refractivity contribution in [2.24, 2.45) is 0 Å². The van der Waals surface area contributed by atoms with E-state index in [0.29, 0.717) is 10.1 Å². The SMILES string of the molecule is Oc1cccc(O)c1C1C=C(C2SCCCS2)CCC1. The molecular formula is C16H20O2S2. The molecule has 1 heterocycles. The van der Waals surface area contributed by atoms with E-state index < -0.39 is 0 Å². The lowest BCUT2D eigenvalue weighted by molar-refractivity contribution is 0.429. The van der Waals surface area contributed by atoms with Crippen LogP contribution in [-0.4, -0.2) is 26.3 Å². The summed E-state index contributed by atoms with van der Waals surface area (Å²) in [5.74, 6) is 3.10. The minimum atomic E-state index is 0.156. The van der Waals surface area contributed by atoms with E-state index in [1.807, 2.05) is 23.5 Å². The molecule has 1 fully saturated rings. The molecule has 0 radical (unpaired) electrons. The van der Waals surface area contributed by atoms with Crippen molar-refractivity contribution in [1.82, 2.24) is 0 Å². The van der Waals surface area contributed by atoms with Crippen molar-refractivity contribution in [2.45, 2.75) is 36.2 Å². The van der Waals surface area contributed by atoms with Crippen molar-refractivity contribution in [1.29, 1.82) is 0 Å². The molecule has 0 amide bonds. The summed E-state index contributed by atoms with van der Waals surface area (Å²) < 4.78 is 0.583. The third-order valence-electron chi connectivity index (χ3n) is 3.96. The van der Waals surface area contributed by atoms with E-state index in [-0.39, 0.29) is 17.4 Å². The Morgan fingerprint density at radius 1 is 1.00 bits per heavy atom. The van der Waals surface area contributed by atoms with E-state index in [2.05, 4.69) is 6.08 Å². The van der Waals surface area contributed by atoms with Crippen LogP contribution < -0.4 is 0 Å². The number of allylic oxidation sites excluding steroid dienone is 1. The summed E-state index contributed by atoms with van der Waals surface area (Å²) >= 11 is 4.09. The third kappa shape index (κ3) is 2.96. The number of hydrogen-bond acceptors (Lipinski definition) is 4. The maximum atomic E-state index is 10.0. The molecule has 1 aliphatic carbocycles. The van der Waals surface area contributed by atoms with Crippen LogP contribution in [0, 0.1) is 0 Å². The first-order valence-corrected chi connectivity index (χ1v) is 9.30. The Labute approximate surface area is 128 Å². The number of rotatable bonds is 2. The van der Waals surface area contributed by atoms with Crippen LogP contribution in [0.4, 0.5) is 0 Å². The van der Waals surface area contributed by atoms with Gasteiger partial charge in [-0.2, -0.15) is 0 Å². The van der Waals surface area contributed by atoms with Crippen molar-refractivity contribution < 1.29 is 10.2 Å². The fraction of sp³-hybridized carbons (Fsp3) is 0.500. The first kappa shape index (κ1) is 14.2. The van der Waals surface area contributed by atoms with E-state index >= 15 is 0 Å². The molecule has 20 heavy (non-hydrogen) atoms. The van der Waals surface area contributed by atoms with Gasteiger partial charge in [-0.1, -0.05) is 17.7 Å². The molecule has 1 aromatic carbocycles. The number of thioether (sulfide) groups is 2. The molecule has 0 spiro atoms. The highest BCUT2D eigenvalue weighted by molar-refractivity contribution is 8.17. The summed E-state index contributed by atoms with van der Waals surface area (Å²) in [7, 11) is 0. The number of benzene rings is 1. The zero-order valence-electron chi connectivity index (χ0n) is 11.4. The van der Waals surface area contributed by atoms with Crippen LogP contribution in [0.2, 0.25) is 0 Å². The molecule has 0 bridgehead atoms. The molecule has 4 heteroatoms. The van der Waals surface area contributed by atoms with E-state index in [1.54, 1.807) is 18.2 Å². The molecule has 1 aliphatic heterocycles. The molecule has 0 aromatic heterocycles. The molecule has 2 N–H and O–H groups in total. The molecule has 2 aliphatic rings. The van der Waals surface area contributed by atoms with Gasteiger partial charge in [0, 0.05) is 11.5 Å². The largest absolute Gasteiger partial charge is 0.508 e. The monoisotopic (exact) mass is 308 g/mol. The second-order valence-corrected chi connectivity index (χ2v) is 8.10. The summed E-state index contributed by atoms with van der Waals surface area (Å²) in [6.07, 6.45) is 6.92. The van der Waals surface area contributed by atoms with Crippen molar-refractivity contribution in [2.75, 3.05) is 11.5 Å². The number of phenolic OH excluding ortho intramolecular Hbond substituents is 2. The van der Waals surface area contributed by atoms with Crippen LogP contribution in [0.5, 0.6) is 11.5 Å². The van der Waals surface area contributed by atoms with Crippen molar-refractivity contribution in [3.8, 4) is 11.5 Å². The van der Waals surface area contributed by atoms with Gasteiger partial charge in [-0.25, -0.2) is 0 Å². The summed E-state index contributed by atoms with van der Waals surface area (Å²) in [6, 6.07) is 5.02. The maximum Gasteiger partial charge on any atom is 0.123 e. The number of phenols is 2. The summed E-state index contributed by atoms with van der Waals surface area (Å²) in [6.45, 7) is 0. The van der Waals surface area contributed by atoms with Crippen LogP contribution in [0.25, 0.3) is 0 Å². The lowest BCUT2D eigenvalue weighted by Gasteiger charge is -2.29. The zero-order valence-corrected chi connectivity index (χ0v) is 13.1. The fourth-order valence-corrected chi connectivity index (χ4v) is 6.01. The number of aromatic hydroxyl groups is 2. The summed E-state index contributed by atoms with van der Waals surface area (Å²) in [5, 5.41) is 20.1. The molecular weight excluding hydrogens is 288 g/mol. The van der Waals surface area contributed by atoms with Gasteiger partial charge in [0.1, 0.15) is 11.5 Å². The molecule has 3 rings (SSSR count). The smallest absolute Gasteiger partial charge is 0.123 e. The van der Waals surface area contributed by atoms with Gasteiger partial charge >= 0.3 is 0 Å². The average Bonchev–Trinajstić information content (AvgIpc) is 2.48. The van der Waals surface area contributed by atoms with E-state index in [0.717, 1.165) is 19.3 Å². The highest BCUT2D eigenvalue weighted by Gasteiger charge is 2.26. The average molecular weight is 308 g/mol. The highest BCUT2D eigenvalue weighted by Crippen LogP contribution is 2.45. The molecule has 1 atom stereocenters. The zero-order chi connectivity index (χ0) is 13.9. The van der Waals surface area contributed by atoms with Gasteiger partial charge < -0.3 is 10.2 Å². The summed E-state index contributed by atoms with van der Waals surface area (Å²) in [4.78, 5) is 0. The normalized spacial score (nSPS) is 24.4. The van der Waals surface area contributed by atoms with Crippen molar-refractivity contribution >= 4 is 23.5 Å². The van der Waals surface area contributed by atoms with Crippen LogP contribution >= 0.6 is 23.5 Å². The Bertz CT molecular complexity index is 487. The van der Waals surface area contributed by atoms with E-state index in [9.17, 15) is 10.2 Å². The third-order valence-corrected chi connectivity index (χ3v) is 7.03. The Morgan fingerprint density at radius 3 is 2.40 bits per heavy atom. The molecule has 2 nitrogen and oxygen atoms in total. The molecule has 1 unspecified atom stereocenters. The van der Waals surface area contributed by atoms with E-state index in [1.165, 1.54) is 23.5 Å². The van der Waals surface area contributed by atoms with E-state index in [4.69, 9.17) is 0 Å². The lowest BCUT2D eigenvalue weighted by Crippen LogP contribution is -2.14. The van der Waals surface area contributed by atoms with Gasteiger partial charge in [0.15, 0.2) is 0 Å². The predicted octanol–water partition coefficient (Wildman–Crippen LogP) is 4.49. The minimum Gasteiger partial charge on any atom is -0.508 e. The van der Waals surface area contributed by atoms with Crippen LogP contribution in [-0.2, 0) is 0 Å². The Morgan fingerprint density at radius 2 is 1.70 bits per heavy atom. The van der Waals surface area contributed by atoms with Gasteiger partial charge in [0.05, 0.1) is 4.58 Å². The van der Waals surface area contributed by atoms with Gasteiger partial charge in [0.2, 0.25) is 0 Å². The highest BCUT2D eigenvalue weighted by atomic mass is 32.2. The van der Waals surface area contributed by atoms with Gasteiger partial charge in [-0.15, -0.1) is 23.5 Å². The lowest BCUT2D eigenvalue weighted by atomic mass is 9.85.